The molecule has 1 aromatic heterocycles. The Hall–Kier alpha value is -1.04. The first-order valence-corrected chi connectivity index (χ1v) is 8.85. The molecular formula is C15H22N2O3S. The molecule has 0 radical (unpaired) electrons. The zero-order chi connectivity index (χ0) is 14.8. The molecule has 116 valence electrons. The summed E-state index contributed by atoms with van der Waals surface area (Å²) in [6, 6.07) is 0. The standard InChI is InChI=1S/C15H22N2O3S/c1-9-6-11(12(7-9)15(18)19)14-16-13(17-20-14)8-21-10-4-2-3-5-10/h9-12H,2-8H2,1H3,(H,18,19). The second-order valence-corrected chi connectivity index (χ2v) is 7.68. The van der Waals surface area contributed by atoms with Gasteiger partial charge >= 0.3 is 5.97 Å². The maximum atomic E-state index is 11.3. The van der Waals surface area contributed by atoms with Gasteiger partial charge in [-0.15, -0.1) is 0 Å². The van der Waals surface area contributed by atoms with Crippen LogP contribution in [0.1, 0.15) is 63.1 Å². The van der Waals surface area contributed by atoms with Crippen LogP contribution < -0.4 is 0 Å². The molecule has 3 rings (SSSR count). The quantitative estimate of drug-likeness (QED) is 0.897. The molecule has 0 aliphatic heterocycles. The van der Waals surface area contributed by atoms with Gasteiger partial charge in [0.05, 0.1) is 17.6 Å². The lowest BCUT2D eigenvalue weighted by molar-refractivity contribution is -0.142. The minimum Gasteiger partial charge on any atom is -0.481 e. The fourth-order valence-electron chi connectivity index (χ4n) is 3.56. The van der Waals surface area contributed by atoms with Crippen LogP contribution in [0.5, 0.6) is 0 Å². The predicted octanol–water partition coefficient (Wildman–Crippen LogP) is 3.46. The van der Waals surface area contributed by atoms with Crippen molar-refractivity contribution in [2.45, 2.75) is 62.4 Å². The smallest absolute Gasteiger partial charge is 0.307 e. The van der Waals surface area contributed by atoms with Gasteiger partial charge in [-0.2, -0.15) is 16.7 Å². The normalized spacial score (nSPS) is 30.0. The lowest BCUT2D eigenvalue weighted by Gasteiger charge is -2.10. The molecule has 0 saturated heterocycles. The summed E-state index contributed by atoms with van der Waals surface area (Å²) in [6.07, 6.45) is 6.76. The summed E-state index contributed by atoms with van der Waals surface area (Å²) in [4.78, 5) is 15.8. The Kier molecular flexibility index (Phi) is 4.52. The first kappa shape index (κ1) is 14.9. The lowest BCUT2D eigenvalue weighted by atomic mass is 9.96. The molecule has 3 unspecified atom stereocenters. The Morgan fingerprint density at radius 1 is 1.38 bits per heavy atom. The molecule has 0 bridgehead atoms. The lowest BCUT2D eigenvalue weighted by Crippen LogP contribution is -2.17. The number of carbonyl (C=O) groups is 1. The van der Waals surface area contributed by atoms with Crippen molar-refractivity contribution in [3.8, 4) is 0 Å². The van der Waals surface area contributed by atoms with E-state index in [1.54, 1.807) is 0 Å². The van der Waals surface area contributed by atoms with E-state index in [0.717, 1.165) is 17.4 Å². The molecule has 3 atom stereocenters. The van der Waals surface area contributed by atoms with Crippen molar-refractivity contribution in [3.63, 3.8) is 0 Å². The highest BCUT2D eigenvalue weighted by Gasteiger charge is 2.41. The van der Waals surface area contributed by atoms with Gasteiger partial charge in [-0.3, -0.25) is 4.79 Å². The fraction of sp³-hybridized carbons (Fsp3) is 0.800. The largest absolute Gasteiger partial charge is 0.481 e. The number of carboxylic acid groups (broad SMARTS) is 1. The van der Waals surface area contributed by atoms with Gasteiger partial charge in [-0.05, 0) is 31.6 Å². The third-order valence-electron chi connectivity index (χ3n) is 4.67. The summed E-state index contributed by atoms with van der Waals surface area (Å²) in [5.41, 5.74) is 0. The summed E-state index contributed by atoms with van der Waals surface area (Å²) < 4.78 is 5.35. The molecular weight excluding hydrogens is 288 g/mol. The summed E-state index contributed by atoms with van der Waals surface area (Å²) in [7, 11) is 0. The molecule has 1 aromatic rings. The van der Waals surface area contributed by atoms with Gasteiger partial charge in [0.25, 0.3) is 0 Å². The highest BCUT2D eigenvalue weighted by atomic mass is 32.2. The number of aliphatic carboxylic acids is 1. The van der Waals surface area contributed by atoms with Crippen molar-refractivity contribution in [2.24, 2.45) is 11.8 Å². The molecule has 6 heteroatoms. The number of hydrogen-bond donors (Lipinski definition) is 1. The SMILES string of the molecule is CC1CC(C(=O)O)C(c2nc(CSC3CCCC3)no2)C1. The predicted molar refractivity (Wildman–Crippen MR) is 80.1 cm³/mol. The van der Waals surface area contributed by atoms with E-state index in [2.05, 4.69) is 17.1 Å². The molecule has 0 spiro atoms. The van der Waals surface area contributed by atoms with Gasteiger partial charge in [0, 0.05) is 5.25 Å². The Balaban J connectivity index is 1.62. The summed E-state index contributed by atoms with van der Waals surface area (Å²) in [5.74, 6) is 1.17. The number of rotatable bonds is 5. The Bertz CT molecular complexity index is 499. The molecule has 2 aliphatic rings. The second-order valence-electron chi connectivity index (χ2n) is 6.39. The molecule has 1 N–H and O–H groups in total. The Morgan fingerprint density at radius 3 is 2.86 bits per heavy atom. The van der Waals surface area contributed by atoms with Gasteiger partial charge in [0.2, 0.25) is 5.89 Å². The van der Waals surface area contributed by atoms with Crippen LogP contribution in [0.2, 0.25) is 0 Å². The van der Waals surface area contributed by atoms with E-state index in [0.29, 0.717) is 24.1 Å². The van der Waals surface area contributed by atoms with Gasteiger partial charge < -0.3 is 9.63 Å². The van der Waals surface area contributed by atoms with Crippen LogP contribution in [0.25, 0.3) is 0 Å². The van der Waals surface area contributed by atoms with E-state index in [1.165, 1.54) is 25.7 Å². The van der Waals surface area contributed by atoms with E-state index >= 15 is 0 Å². The highest BCUT2D eigenvalue weighted by molar-refractivity contribution is 7.99. The van der Waals surface area contributed by atoms with Crippen LogP contribution >= 0.6 is 11.8 Å². The molecule has 2 aliphatic carbocycles. The van der Waals surface area contributed by atoms with Gasteiger partial charge in [-0.1, -0.05) is 24.9 Å². The summed E-state index contributed by atoms with van der Waals surface area (Å²) in [6.45, 7) is 2.09. The zero-order valence-electron chi connectivity index (χ0n) is 12.3. The molecule has 21 heavy (non-hydrogen) atoms. The number of thioether (sulfide) groups is 1. The number of hydrogen-bond acceptors (Lipinski definition) is 5. The number of nitrogens with zero attached hydrogens (tertiary/aromatic N) is 2. The van der Waals surface area contributed by atoms with Crippen molar-refractivity contribution in [1.82, 2.24) is 10.1 Å². The minimum atomic E-state index is -0.746. The van der Waals surface area contributed by atoms with Crippen molar-refractivity contribution in [2.75, 3.05) is 0 Å². The third kappa shape index (κ3) is 3.42. The minimum absolute atomic E-state index is 0.116. The maximum Gasteiger partial charge on any atom is 0.307 e. The van der Waals surface area contributed by atoms with Gasteiger partial charge in [0.1, 0.15) is 0 Å². The monoisotopic (exact) mass is 310 g/mol. The zero-order valence-corrected chi connectivity index (χ0v) is 13.1. The van der Waals surface area contributed by atoms with Crippen LogP contribution in [0.15, 0.2) is 4.52 Å². The molecule has 2 saturated carbocycles. The van der Waals surface area contributed by atoms with Crippen LogP contribution in [-0.2, 0) is 10.5 Å². The van der Waals surface area contributed by atoms with Crippen LogP contribution in [0, 0.1) is 11.8 Å². The first-order chi connectivity index (χ1) is 10.1. The summed E-state index contributed by atoms with van der Waals surface area (Å²) >= 11 is 1.90. The molecule has 0 aromatic carbocycles. The third-order valence-corrected chi connectivity index (χ3v) is 6.03. The van der Waals surface area contributed by atoms with E-state index in [4.69, 9.17) is 4.52 Å². The summed E-state index contributed by atoms with van der Waals surface area (Å²) in [5, 5.41) is 14.1. The second kappa shape index (κ2) is 6.38. The molecule has 5 nitrogen and oxygen atoms in total. The van der Waals surface area contributed by atoms with Crippen LogP contribution in [-0.4, -0.2) is 26.5 Å². The van der Waals surface area contributed by atoms with Crippen LogP contribution in [0.3, 0.4) is 0 Å². The van der Waals surface area contributed by atoms with E-state index < -0.39 is 5.97 Å². The average molecular weight is 310 g/mol. The highest BCUT2D eigenvalue weighted by Crippen LogP contribution is 2.42. The van der Waals surface area contributed by atoms with Crippen LogP contribution in [0.4, 0.5) is 0 Å². The topological polar surface area (TPSA) is 76.2 Å². The average Bonchev–Trinajstić information content (AvgIpc) is 3.16. The Labute approximate surface area is 128 Å². The number of aromatic nitrogens is 2. The van der Waals surface area contributed by atoms with Crippen molar-refractivity contribution in [3.05, 3.63) is 11.7 Å². The fourth-order valence-corrected chi connectivity index (χ4v) is 4.73. The Morgan fingerprint density at radius 2 is 2.14 bits per heavy atom. The molecule has 1 heterocycles. The van der Waals surface area contributed by atoms with Crippen molar-refractivity contribution in [1.29, 1.82) is 0 Å². The number of carboxylic acids is 1. The first-order valence-electron chi connectivity index (χ1n) is 7.80. The maximum absolute atomic E-state index is 11.3. The van der Waals surface area contributed by atoms with Crippen molar-refractivity contribution >= 4 is 17.7 Å². The van der Waals surface area contributed by atoms with Crippen molar-refractivity contribution < 1.29 is 14.4 Å². The van der Waals surface area contributed by atoms with Gasteiger partial charge in [-0.25, -0.2) is 0 Å². The molecule has 0 amide bonds. The molecule has 2 fully saturated rings. The van der Waals surface area contributed by atoms with E-state index in [1.807, 2.05) is 11.8 Å². The van der Waals surface area contributed by atoms with Gasteiger partial charge in [0.15, 0.2) is 5.82 Å². The van der Waals surface area contributed by atoms with E-state index in [-0.39, 0.29) is 11.8 Å². The van der Waals surface area contributed by atoms with E-state index in [9.17, 15) is 9.90 Å².